The van der Waals surface area contributed by atoms with E-state index in [0.717, 1.165) is 27.5 Å². The van der Waals surface area contributed by atoms with E-state index >= 15 is 0 Å². The van der Waals surface area contributed by atoms with E-state index in [1.54, 1.807) is 0 Å². The summed E-state index contributed by atoms with van der Waals surface area (Å²) in [4.78, 5) is 0. The van der Waals surface area contributed by atoms with Gasteiger partial charge >= 0.3 is 0 Å². The van der Waals surface area contributed by atoms with Crippen LogP contribution in [0, 0.1) is 0 Å². The van der Waals surface area contributed by atoms with Crippen molar-refractivity contribution >= 4 is 97.3 Å². The van der Waals surface area contributed by atoms with Gasteiger partial charge in [-0.25, -0.2) is 0 Å². The van der Waals surface area contributed by atoms with Crippen LogP contribution >= 0.6 is 0 Å². The van der Waals surface area contributed by atoms with Gasteiger partial charge in [0.2, 0.25) is 0 Å². The molecule has 0 saturated heterocycles. The van der Waals surface area contributed by atoms with Crippen molar-refractivity contribution < 1.29 is 4.42 Å². The van der Waals surface area contributed by atoms with Gasteiger partial charge in [-0.15, -0.1) is 0 Å². The number of rotatable bonds is 2. The van der Waals surface area contributed by atoms with Crippen LogP contribution in [0.2, 0.25) is 0 Å². The first kappa shape index (κ1) is 27.2. The molecule has 0 saturated carbocycles. The minimum absolute atomic E-state index is 0.910. The van der Waals surface area contributed by atoms with E-state index < -0.39 is 0 Å². The molecule has 1 heterocycles. The predicted molar refractivity (Wildman–Crippen MR) is 218 cm³/mol. The second-order valence-electron chi connectivity index (χ2n) is 14.0. The summed E-state index contributed by atoms with van der Waals surface area (Å²) in [6.45, 7) is 0. The van der Waals surface area contributed by atoms with Gasteiger partial charge in [0, 0.05) is 16.3 Å². The largest absolute Gasteiger partial charge is 0.455 e. The van der Waals surface area contributed by atoms with Gasteiger partial charge in [-0.2, -0.15) is 0 Å². The highest BCUT2D eigenvalue weighted by Crippen LogP contribution is 2.47. The molecule has 1 nitrogen and oxygen atoms in total. The zero-order valence-electron chi connectivity index (χ0n) is 27.6. The van der Waals surface area contributed by atoms with Crippen LogP contribution in [-0.4, -0.2) is 0 Å². The molecule has 11 aromatic carbocycles. The van der Waals surface area contributed by atoms with E-state index in [0.29, 0.717) is 0 Å². The van der Waals surface area contributed by atoms with Gasteiger partial charge in [-0.05, 0) is 122 Å². The molecule has 12 aromatic rings. The van der Waals surface area contributed by atoms with Gasteiger partial charge in [-0.3, -0.25) is 0 Å². The van der Waals surface area contributed by atoms with Gasteiger partial charge in [0.1, 0.15) is 11.2 Å². The fraction of sp³-hybridized carbons (Fsp3) is 0. The highest BCUT2D eigenvalue weighted by Gasteiger charge is 2.21. The Morgan fingerprint density at radius 2 is 0.863 bits per heavy atom. The topological polar surface area (TPSA) is 13.1 Å². The second kappa shape index (κ2) is 9.94. The summed E-state index contributed by atoms with van der Waals surface area (Å²) >= 11 is 0. The lowest BCUT2D eigenvalue weighted by atomic mass is 9.86. The molecule has 0 bridgehead atoms. The molecule has 0 fully saturated rings. The summed E-state index contributed by atoms with van der Waals surface area (Å²) in [7, 11) is 0. The second-order valence-corrected chi connectivity index (χ2v) is 14.0. The van der Waals surface area contributed by atoms with Crippen LogP contribution in [0.1, 0.15) is 0 Å². The van der Waals surface area contributed by atoms with Crippen LogP contribution in [0.25, 0.3) is 120 Å². The summed E-state index contributed by atoms with van der Waals surface area (Å²) in [6.07, 6.45) is 0. The number of hydrogen-bond donors (Lipinski definition) is 0. The summed E-state index contributed by atoms with van der Waals surface area (Å²) in [5.41, 5.74) is 6.55. The molecule has 0 N–H and O–H groups in total. The highest BCUT2D eigenvalue weighted by molar-refractivity contribution is 6.28. The molecular formula is C50H28O. The fourth-order valence-electron chi connectivity index (χ4n) is 9.00. The van der Waals surface area contributed by atoms with Gasteiger partial charge < -0.3 is 4.42 Å². The lowest BCUT2D eigenvalue weighted by Gasteiger charge is -2.17. The first-order valence-corrected chi connectivity index (χ1v) is 17.7. The molecule has 1 aromatic heterocycles. The van der Waals surface area contributed by atoms with E-state index in [1.165, 1.54) is 92.1 Å². The van der Waals surface area contributed by atoms with Crippen molar-refractivity contribution in [2.75, 3.05) is 0 Å². The maximum absolute atomic E-state index is 6.97. The molecule has 0 radical (unpaired) electrons. The Kier molecular flexibility index (Phi) is 5.29. The molecule has 51 heavy (non-hydrogen) atoms. The van der Waals surface area contributed by atoms with E-state index in [4.69, 9.17) is 4.42 Å². The van der Waals surface area contributed by atoms with Crippen molar-refractivity contribution in [3.63, 3.8) is 0 Å². The van der Waals surface area contributed by atoms with Gasteiger partial charge in [-0.1, -0.05) is 140 Å². The minimum atomic E-state index is 0.910. The number of fused-ring (bicyclic) bond motifs is 9. The summed E-state index contributed by atoms with van der Waals surface area (Å²) in [6, 6.07) is 62.7. The summed E-state index contributed by atoms with van der Waals surface area (Å²) in [5, 5.41) is 19.9. The van der Waals surface area contributed by atoms with Crippen molar-refractivity contribution in [3.8, 4) is 22.3 Å². The molecule has 234 valence electrons. The predicted octanol–water partition coefficient (Wildman–Crippen LogP) is 14.4. The van der Waals surface area contributed by atoms with Crippen LogP contribution < -0.4 is 0 Å². The van der Waals surface area contributed by atoms with Crippen molar-refractivity contribution in [3.05, 3.63) is 170 Å². The molecule has 0 atom stereocenters. The molecule has 12 rings (SSSR count). The lowest BCUT2D eigenvalue weighted by molar-refractivity contribution is 0.670. The molecule has 1 heteroatoms. The quantitative estimate of drug-likeness (QED) is 0.171. The molecule has 0 aliphatic rings. The minimum Gasteiger partial charge on any atom is -0.455 e. The summed E-state index contributed by atoms with van der Waals surface area (Å²) < 4.78 is 6.97. The van der Waals surface area contributed by atoms with Gasteiger partial charge in [0.25, 0.3) is 0 Å². The molecule has 0 spiro atoms. The monoisotopic (exact) mass is 644 g/mol. The van der Waals surface area contributed by atoms with Crippen molar-refractivity contribution in [1.29, 1.82) is 0 Å². The fourth-order valence-corrected chi connectivity index (χ4v) is 9.00. The first-order valence-electron chi connectivity index (χ1n) is 17.7. The standard InChI is InChI=1S/C50H28O/c1-2-10-34-28-46-43(24-33(34)9-1)45-27-36(37-21-19-32-17-16-30-12-7-13-31-20-23-40(37)48(32)47(30)31)26-44(50(45)51-46)42-25-35-11-4-6-15-39(35)49-38-14-5-3-8-29(38)18-22-41(42)49/h1-28H. The third-order valence-corrected chi connectivity index (χ3v) is 11.3. The van der Waals surface area contributed by atoms with E-state index in [9.17, 15) is 0 Å². The average Bonchev–Trinajstić information content (AvgIpc) is 3.55. The maximum Gasteiger partial charge on any atom is 0.143 e. The van der Waals surface area contributed by atoms with E-state index in [-0.39, 0.29) is 0 Å². The van der Waals surface area contributed by atoms with Crippen molar-refractivity contribution in [2.45, 2.75) is 0 Å². The Morgan fingerprint density at radius 1 is 0.275 bits per heavy atom. The van der Waals surface area contributed by atoms with E-state index in [2.05, 4.69) is 170 Å². The Labute approximate surface area is 292 Å². The first-order chi connectivity index (χ1) is 25.3. The Morgan fingerprint density at radius 3 is 1.67 bits per heavy atom. The molecule has 0 unspecified atom stereocenters. The zero-order valence-corrected chi connectivity index (χ0v) is 27.6. The average molecular weight is 645 g/mol. The van der Waals surface area contributed by atoms with Crippen molar-refractivity contribution in [2.24, 2.45) is 0 Å². The molecular weight excluding hydrogens is 617 g/mol. The Bertz CT molecular complexity index is 3380. The molecule has 0 amide bonds. The molecule has 0 aliphatic carbocycles. The lowest BCUT2D eigenvalue weighted by Crippen LogP contribution is -1.90. The van der Waals surface area contributed by atoms with Crippen LogP contribution in [0.3, 0.4) is 0 Å². The van der Waals surface area contributed by atoms with Crippen LogP contribution in [0.5, 0.6) is 0 Å². The smallest absolute Gasteiger partial charge is 0.143 e. The van der Waals surface area contributed by atoms with E-state index in [1.807, 2.05) is 0 Å². The number of hydrogen-bond acceptors (Lipinski definition) is 1. The SMILES string of the molecule is c1ccc2cc3c(cc2c1)oc1c(-c2cc4ccccc4c4c2ccc2ccccc24)cc(-c2ccc4ccc5cccc6ccc2c4c56)cc13. The van der Waals surface area contributed by atoms with Gasteiger partial charge in [0.05, 0.1) is 0 Å². The third kappa shape index (κ3) is 3.75. The van der Waals surface area contributed by atoms with Crippen LogP contribution in [-0.2, 0) is 0 Å². The number of furan rings is 1. The van der Waals surface area contributed by atoms with Crippen molar-refractivity contribution in [1.82, 2.24) is 0 Å². The maximum atomic E-state index is 6.97. The number of benzene rings is 11. The Hall–Kier alpha value is -6.70. The van der Waals surface area contributed by atoms with Crippen LogP contribution in [0.4, 0.5) is 0 Å². The Balaban J connectivity index is 1.25. The highest BCUT2D eigenvalue weighted by atomic mass is 16.3. The normalized spacial score (nSPS) is 12.3. The zero-order chi connectivity index (χ0) is 33.2. The van der Waals surface area contributed by atoms with Crippen LogP contribution in [0.15, 0.2) is 174 Å². The van der Waals surface area contributed by atoms with Gasteiger partial charge in [0.15, 0.2) is 0 Å². The molecule has 0 aliphatic heterocycles. The third-order valence-electron chi connectivity index (χ3n) is 11.3. The summed E-state index contributed by atoms with van der Waals surface area (Å²) in [5.74, 6) is 0.